The summed E-state index contributed by atoms with van der Waals surface area (Å²) >= 11 is 1.24. The smallest absolute Gasteiger partial charge is 0.353 e. The van der Waals surface area contributed by atoms with Crippen LogP contribution in [0.15, 0.2) is 10.6 Å². The van der Waals surface area contributed by atoms with Gasteiger partial charge in [-0.3, -0.25) is 19.4 Å². The molecule has 132 valence electrons. The van der Waals surface area contributed by atoms with E-state index in [2.05, 4.69) is 5.32 Å². The van der Waals surface area contributed by atoms with Crippen molar-refractivity contribution in [3.8, 4) is 0 Å². The lowest BCUT2D eigenvalue weighted by Crippen LogP contribution is -2.60. The van der Waals surface area contributed by atoms with E-state index in [4.69, 9.17) is 0 Å². The monoisotopic (exact) mass is 355 g/mol. The SMILES string of the molecule is C[C@@H](O)[C@H]1C(=O)N2C(C(=O)O)=C(CNC(=O)[C@@H]3CCCN3C)S[C@H]12. The van der Waals surface area contributed by atoms with Crippen LogP contribution in [0.5, 0.6) is 0 Å². The van der Waals surface area contributed by atoms with E-state index in [-0.39, 0.29) is 30.1 Å². The van der Waals surface area contributed by atoms with Crippen molar-refractivity contribution in [2.75, 3.05) is 20.1 Å². The number of carbonyl (C=O) groups excluding carboxylic acids is 2. The van der Waals surface area contributed by atoms with Crippen LogP contribution in [0.25, 0.3) is 0 Å². The second-order valence-corrected chi connectivity index (χ2v) is 7.63. The number of nitrogens with one attached hydrogen (secondary N) is 1. The third kappa shape index (κ3) is 2.70. The first-order valence-corrected chi connectivity index (χ1v) is 8.83. The minimum absolute atomic E-state index is 0.0769. The summed E-state index contributed by atoms with van der Waals surface area (Å²) in [5, 5.41) is 21.5. The number of thioether (sulfide) groups is 1. The normalized spacial score (nSPS) is 31.0. The number of carboxylic acid groups (broad SMARTS) is 1. The maximum absolute atomic E-state index is 12.3. The van der Waals surface area contributed by atoms with Crippen molar-refractivity contribution in [3.05, 3.63) is 10.6 Å². The molecule has 0 aromatic heterocycles. The molecule has 9 heteroatoms. The molecule has 0 unspecified atom stereocenters. The zero-order valence-electron chi connectivity index (χ0n) is 13.6. The van der Waals surface area contributed by atoms with Crippen LogP contribution in [0.2, 0.25) is 0 Å². The number of hydrogen-bond acceptors (Lipinski definition) is 6. The molecule has 0 radical (unpaired) electrons. The number of fused-ring (bicyclic) bond motifs is 1. The summed E-state index contributed by atoms with van der Waals surface area (Å²) in [4.78, 5) is 39.5. The van der Waals surface area contributed by atoms with Gasteiger partial charge in [-0.2, -0.15) is 0 Å². The Labute approximate surface area is 143 Å². The quantitative estimate of drug-likeness (QED) is 0.565. The van der Waals surface area contributed by atoms with Crippen molar-refractivity contribution in [2.45, 2.75) is 37.3 Å². The summed E-state index contributed by atoms with van der Waals surface area (Å²) in [6, 6.07) is -0.186. The zero-order valence-corrected chi connectivity index (χ0v) is 14.4. The fourth-order valence-corrected chi connectivity index (χ4v) is 5.05. The molecule has 0 saturated carbocycles. The average molecular weight is 355 g/mol. The molecule has 3 aliphatic rings. The number of β-lactam (4-membered cyclic amide) rings is 1. The van der Waals surface area contributed by atoms with E-state index in [0.717, 1.165) is 19.4 Å². The van der Waals surface area contributed by atoms with Crippen LogP contribution < -0.4 is 5.32 Å². The molecular formula is C15H21N3O5S. The van der Waals surface area contributed by atoms with Crippen LogP contribution in [-0.4, -0.2) is 75.5 Å². The van der Waals surface area contributed by atoms with Crippen LogP contribution >= 0.6 is 11.8 Å². The van der Waals surface area contributed by atoms with Gasteiger partial charge in [0.15, 0.2) is 0 Å². The van der Waals surface area contributed by atoms with Gasteiger partial charge in [-0.1, -0.05) is 11.8 Å². The fraction of sp³-hybridized carbons (Fsp3) is 0.667. The van der Waals surface area contributed by atoms with Gasteiger partial charge in [-0.25, -0.2) is 4.79 Å². The summed E-state index contributed by atoms with van der Waals surface area (Å²) in [6.07, 6.45) is 0.923. The topological polar surface area (TPSA) is 110 Å². The molecule has 2 saturated heterocycles. The first-order valence-electron chi connectivity index (χ1n) is 7.95. The van der Waals surface area contributed by atoms with Crippen molar-refractivity contribution < 1.29 is 24.6 Å². The molecule has 3 heterocycles. The van der Waals surface area contributed by atoms with Gasteiger partial charge in [0.05, 0.1) is 24.6 Å². The molecule has 24 heavy (non-hydrogen) atoms. The maximum atomic E-state index is 12.3. The highest BCUT2D eigenvalue weighted by molar-refractivity contribution is 8.04. The molecule has 0 aromatic rings. The van der Waals surface area contributed by atoms with Gasteiger partial charge in [0.25, 0.3) is 0 Å². The molecule has 8 nitrogen and oxygen atoms in total. The predicted octanol–water partition coefficient (Wildman–Crippen LogP) is -0.595. The molecular weight excluding hydrogens is 334 g/mol. The Morgan fingerprint density at radius 3 is 2.71 bits per heavy atom. The molecule has 3 aliphatic heterocycles. The highest BCUT2D eigenvalue weighted by Crippen LogP contribution is 2.49. The van der Waals surface area contributed by atoms with Crippen LogP contribution in [0.1, 0.15) is 19.8 Å². The van der Waals surface area contributed by atoms with Crippen LogP contribution in [0, 0.1) is 5.92 Å². The Hall–Kier alpha value is -1.58. The third-order valence-corrected chi connectivity index (χ3v) is 6.19. The predicted molar refractivity (Wildman–Crippen MR) is 86.7 cm³/mol. The Balaban J connectivity index is 1.69. The van der Waals surface area contributed by atoms with Gasteiger partial charge in [-0.15, -0.1) is 0 Å². The summed E-state index contributed by atoms with van der Waals surface area (Å²) in [5.41, 5.74) is -0.0769. The van der Waals surface area contributed by atoms with E-state index in [0.29, 0.717) is 4.91 Å². The summed E-state index contributed by atoms with van der Waals surface area (Å²) in [6.45, 7) is 2.48. The van der Waals surface area contributed by atoms with Gasteiger partial charge in [0, 0.05) is 4.91 Å². The van der Waals surface area contributed by atoms with E-state index in [9.17, 15) is 24.6 Å². The zero-order chi connectivity index (χ0) is 17.6. The first kappa shape index (κ1) is 17.2. The largest absolute Gasteiger partial charge is 0.477 e. The number of rotatable bonds is 5. The second-order valence-electron chi connectivity index (χ2n) is 6.42. The lowest BCUT2D eigenvalue weighted by molar-refractivity contribution is -0.156. The van der Waals surface area contributed by atoms with E-state index < -0.39 is 23.4 Å². The maximum Gasteiger partial charge on any atom is 0.353 e. The highest BCUT2D eigenvalue weighted by atomic mass is 32.2. The summed E-state index contributed by atoms with van der Waals surface area (Å²) < 4.78 is 0. The Bertz CT molecular complexity index is 620. The van der Waals surface area contributed by atoms with E-state index in [1.165, 1.54) is 23.6 Å². The number of nitrogens with zero attached hydrogens (tertiary/aromatic N) is 2. The lowest BCUT2D eigenvalue weighted by atomic mass is 9.92. The minimum atomic E-state index is -1.19. The molecule has 4 atom stereocenters. The van der Waals surface area contributed by atoms with E-state index >= 15 is 0 Å². The number of amides is 2. The van der Waals surface area contributed by atoms with Crippen LogP contribution in [0.3, 0.4) is 0 Å². The molecule has 0 bridgehead atoms. The van der Waals surface area contributed by atoms with Crippen molar-refractivity contribution in [2.24, 2.45) is 5.92 Å². The van der Waals surface area contributed by atoms with Gasteiger partial charge < -0.3 is 15.5 Å². The molecule has 3 rings (SSSR count). The van der Waals surface area contributed by atoms with Crippen LogP contribution in [0.4, 0.5) is 0 Å². The number of carbonyl (C=O) groups is 3. The number of aliphatic hydroxyl groups is 1. The van der Waals surface area contributed by atoms with Gasteiger partial charge in [-0.05, 0) is 33.4 Å². The minimum Gasteiger partial charge on any atom is -0.477 e. The number of carboxylic acids is 1. The van der Waals surface area contributed by atoms with Crippen molar-refractivity contribution >= 4 is 29.5 Å². The van der Waals surface area contributed by atoms with Crippen molar-refractivity contribution in [1.29, 1.82) is 0 Å². The number of likely N-dealkylation sites (N-methyl/N-ethyl adjacent to an activating group) is 1. The number of likely N-dealkylation sites (tertiary alicyclic amines) is 1. The Kier molecular flexibility index (Phi) is 4.58. The summed E-state index contributed by atoms with van der Waals surface area (Å²) in [5.74, 6) is -2.29. The van der Waals surface area contributed by atoms with E-state index in [1.807, 2.05) is 11.9 Å². The highest BCUT2D eigenvalue weighted by Gasteiger charge is 2.57. The van der Waals surface area contributed by atoms with Crippen molar-refractivity contribution in [1.82, 2.24) is 15.1 Å². The fourth-order valence-electron chi connectivity index (χ4n) is 3.50. The summed E-state index contributed by atoms with van der Waals surface area (Å²) in [7, 11) is 1.89. The van der Waals surface area contributed by atoms with Gasteiger partial charge >= 0.3 is 5.97 Å². The third-order valence-electron chi connectivity index (χ3n) is 4.82. The van der Waals surface area contributed by atoms with Crippen LogP contribution in [-0.2, 0) is 14.4 Å². The molecule has 2 amide bonds. The molecule has 0 spiro atoms. The molecule has 0 aromatic carbocycles. The average Bonchev–Trinajstić information content (AvgIpc) is 3.06. The number of aliphatic hydroxyl groups excluding tert-OH is 1. The molecule has 2 fully saturated rings. The Morgan fingerprint density at radius 2 is 2.17 bits per heavy atom. The van der Waals surface area contributed by atoms with Gasteiger partial charge in [0.2, 0.25) is 11.8 Å². The standard InChI is InChI=1S/C15H21N3O5S/c1-7(19)10-13(21)18-11(15(22)23)9(24-14(10)18)6-16-12(20)8-4-3-5-17(8)2/h7-8,10,14,19H,3-6H2,1-2H3,(H,16,20)(H,22,23)/t7-,8+,10+,14-/m1/s1. The first-order chi connectivity index (χ1) is 11.3. The van der Waals surface area contributed by atoms with Crippen molar-refractivity contribution in [3.63, 3.8) is 0 Å². The second kappa shape index (κ2) is 6.38. The Morgan fingerprint density at radius 1 is 1.46 bits per heavy atom. The van der Waals surface area contributed by atoms with Gasteiger partial charge in [0.1, 0.15) is 11.1 Å². The number of aliphatic carboxylic acids is 1. The molecule has 3 N–H and O–H groups in total. The molecule has 0 aliphatic carbocycles. The number of hydrogen-bond donors (Lipinski definition) is 3. The van der Waals surface area contributed by atoms with E-state index in [1.54, 1.807) is 0 Å². The lowest BCUT2D eigenvalue weighted by Gasteiger charge is -2.43.